The average Bonchev–Trinajstić information content (AvgIpc) is 2.84. The molecule has 1 saturated heterocycles. The lowest BCUT2D eigenvalue weighted by Crippen LogP contribution is -2.42. The van der Waals surface area contributed by atoms with Crippen LogP contribution in [0.1, 0.15) is 23.2 Å². The van der Waals surface area contributed by atoms with Gasteiger partial charge in [-0.25, -0.2) is 9.98 Å². The molecule has 1 aromatic rings. The Balaban J connectivity index is 1.22. The number of ether oxygens (including phenoxy) is 2. The van der Waals surface area contributed by atoms with Crippen molar-refractivity contribution in [1.29, 1.82) is 0 Å². The molecule has 1 unspecified atom stereocenters. The number of pyridine rings is 1. The van der Waals surface area contributed by atoms with Crippen LogP contribution < -0.4 is 4.74 Å². The number of aliphatic imine (C=N–C) groups is 2. The number of likely N-dealkylation sites (tertiary alicyclic amines) is 1. The number of amides is 2. The Morgan fingerprint density at radius 3 is 2.69 bits per heavy atom. The van der Waals surface area contributed by atoms with Crippen LogP contribution in [0.4, 0.5) is 0 Å². The van der Waals surface area contributed by atoms with E-state index in [1.165, 1.54) is 13.3 Å². The highest BCUT2D eigenvalue weighted by Crippen LogP contribution is 2.22. The van der Waals surface area contributed by atoms with Gasteiger partial charge in [0, 0.05) is 36.8 Å². The molecule has 0 N–H and O–H groups in total. The van der Waals surface area contributed by atoms with Crippen molar-refractivity contribution in [3.63, 3.8) is 0 Å². The highest BCUT2D eigenvalue weighted by molar-refractivity contribution is 6.21. The van der Waals surface area contributed by atoms with E-state index in [-0.39, 0.29) is 42.6 Å². The SMILES string of the molecule is COc1ccc(C(=O)C2CCN(C(=O)COCC3=NC(=O)C4C=CC=CC4=N3)CC2)cn1. The van der Waals surface area contributed by atoms with Crippen LogP contribution in [0.5, 0.6) is 5.88 Å². The molecule has 32 heavy (non-hydrogen) atoms. The van der Waals surface area contributed by atoms with Crippen LogP contribution in [0.3, 0.4) is 0 Å². The number of piperidine rings is 1. The molecule has 1 atom stereocenters. The standard InChI is InChI=1S/C23H24N4O5/c1-31-20-7-6-16(12-24-20)22(29)15-8-10-27(11-9-15)21(28)14-32-13-19-25-18-5-3-2-4-17(18)23(30)26-19/h2-7,12,15,17H,8-11,13-14H2,1H3. The molecule has 9 heteroatoms. The van der Waals surface area contributed by atoms with Gasteiger partial charge in [-0.2, -0.15) is 4.99 Å². The van der Waals surface area contributed by atoms with Gasteiger partial charge < -0.3 is 14.4 Å². The normalized spacial score (nSPS) is 20.5. The molecule has 166 valence electrons. The Bertz CT molecular complexity index is 1020. The monoisotopic (exact) mass is 436 g/mol. The van der Waals surface area contributed by atoms with Crippen LogP contribution in [0.15, 0.2) is 52.6 Å². The molecule has 0 radical (unpaired) electrons. The maximum absolute atomic E-state index is 12.7. The summed E-state index contributed by atoms with van der Waals surface area (Å²) in [6.07, 6.45) is 9.84. The first kappa shape index (κ1) is 21.8. The number of hydrogen-bond acceptors (Lipinski definition) is 7. The number of carbonyl (C=O) groups excluding carboxylic acids is 3. The van der Waals surface area contributed by atoms with Crippen LogP contribution >= 0.6 is 0 Å². The molecular weight excluding hydrogens is 412 g/mol. The van der Waals surface area contributed by atoms with E-state index in [4.69, 9.17) is 9.47 Å². The Labute approximate surface area is 185 Å². The zero-order chi connectivity index (χ0) is 22.5. The molecule has 0 saturated carbocycles. The number of hydrogen-bond donors (Lipinski definition) is 0. The van der Waals surface area contributed by atoms with Crippen LogP contribution in [-0.4, -0.2) is 72.4 Å². The topological polar surface area (TPSA) is 111 Å². The minimum atomic E-state index is -0.428. The molecule has 1 fully saturated rings. The van der Waals surface area contributed by atoms with Crippen LogP contribution in [0.2, 0.25) is 0 Å². The van der Waals surface area contributed by atoms with E-state index in [2.05, 4.69) is 15.0 Å². The summed E-state index contributed by atoms with van der Waals surface area (Å²) in [6, 6.07) is 3.38. The summed E-state index contributed by atoms with van der Waals surface area (Å²) in [5.41, 5.74) is 1.19. The molecule has 3 heterocycles. The van der Waals surface area contributed by atoms with Crippen LogP contribution in [0.25, 0.3) is 0 Å². The van der Waals surface area contributed by atoms with Gasteiger partial charge in [0.25, 0.3) is 5.91 Å². The van der Waals surface area contributed by atoms with Crippen molar-refractivity contribution in [3.8, 4) is 5.88 Å². The number of aromatic nitrogens is 1. The number of nitrogens with zero attached hydrogens (tertiary/aromatic N) is 4. The fourth-order valence-corrected chi connectivity index (χ4v) is 3.88. The number of Topliss-reactive ketones (excluding diaryl/α,β-unsaturated/α-hetero) is 1. The van der Waals surface area contributed by atoms with E-state index in [0.717, 1.165) is 0 Å². The molecule has 1 aliphatic carbocycles. The summed E-state index contributed by atoms with van der Waals surface area (Å²) in [6.45, 7) is 0.842. The van der Waals surface area contributed by atoms with Gasteiger partial charge in [-0.1, -0.05) is 18.2 Å². The first-order valence-corrected chi connectivity index (χ1v) is 10.5. The summed E-state index contributed by atoms with van der Waals surface area (Å²) >= 11 is 0. The minimum Gasteiger partial charge on any atom is -0.481 e. The van der Waals surface area contributed by atoms with Gasteiger partial charge in [-0.15, -0.1) is 0 Å². The van der Waals surface area contributed by atoms with Crippen LogP contribution in [-0.2, 0) is 14.3 Å². The number of amidine groups is 1. The zero-order valence-corrected chi connectivity index (χ0v) is 17.8. The molecule has 0 aromatic carbocycles. The van der Waals surface area contributed by atoms with Crippen LogP contribution in [0, 0.1) is 11.8 Å². The lowest BCUT2D eigenvalue weighted by atomic mass is 9.89. The molecule has 2 amide bonds. The molecule has 2 aliphatic heterocycles. The number of rotatable bonds is 7. The average molecular weight is 436 g/mol. The van der Waals surface area contributed by atoms with Gasteiger partial charge in [0.2, 0.25) is 11.8 Å². The summed E-state index contributed by atoms with van der Waals surface area (Å²) in [5.74, 6) is -0.236. The van der Waals surface area contributed by atoms with Gasteiger partial charge >= 0.3 is 0 Å². The highest BCUT2D eigenvalue weighted by Gasteiger charge is 2.29. The van der Waals surface area contributed by atoms with Gasteiger partial charge in [0.15, 0.2) is 11.6 Å². The number of carbonyl (C=O) groups is 3. The second-order valence-electron chi connectivity index (χ2n) is 7.73. The maximum atomic E-state index is 12.7. The predicted molar refractivity (Wildman–Crippen MR) is 117 cm³/mol. The Morgan fingerprint density at radius 2 is 1.97 bits per heavy atom. The number of allylic oxidation sites excluding steroid dienone is 3. The number of methoxy groups -OCH3 is 1. The Kier molecular flexibility index (Phi) is 6.65. The van der Waals surface area contributed by atoms with Crippen molar-refractivity contribution < 1.29 is 23.9 Å². The molecule has 9 nitrogen and oxygen atoms in total. The van der Waals surface area contributed by atoms with E-state index in [1.807, 2.05) is 6.08 Å². The number of ketones is 1. The second-order valence-corrected chi connectivity index (χ2v) is 7.73. The lowest BCUT2D eigenvalue weighted by Gasteiger charge is -2.31. The molecular formula is C23H24N4O5. The fraction of sp³-hybridized carbons (Fsp3) is 0.391. The van der Waals surface area contributed by atoms with Crippen molar-refractivity contribution in [2.24, 2.45) is 21.8 Å². The smallest absolute Gasteiger partial charge is 0.260 e. The summed E-state index contributed by atoms with van der Waals surface area (Å²) in [7, 11) is 1.52. The van der Waals surface area contributed by atoms with Crippen molar-refractivity contribution in [2.75, 3.05) is 33.4 Å². The molecule has 0 bridgehead atoms. The summed E-state index contributed by atoms with van der Waals surface area (Å²) < 4.78 is 10.5. The largest absolute Gasteiger partial charge is 0.481 e. The van der Waals surface area contributed by atoms with E-state index in [0.29, 0.717) is 43.1 Å². The van der Waals surface area contributed by atoms with E-state index < -0.39 is 5.92 Å². The summed E-state index contributed by atoms with van der Waals surface area (Å²) in [5, 5.41) is 0. The Hall–Kier alpha value is -3.46. The lowest BCUT2D eigenvalue weighted by molar-refractivity contribution is -0.136. The molecule has 0 spiro atoms. The third-order valence-electron chi connectivity index (χ3n) is 5.67. The summed E-state index contributed by atoms with van der Waals surface area (Å²) in [4.78, 5) is 51.3. The Morgan fingerprint density at radius 1 is 1.16 bits per heavy atom. The number of fused-ring (bicyclic) bond motifs is 1. The van der Waals surface area contributed by atoms with Crippen molar-refractivity contribution >= 4 is 29.1 Å². The molecule has 3 aliphatic rings. The minimum absolute atomic E-state index is 0.00925. The van der Waals surface area contributed by atoms with Gasteiger partial charge in [0.05, 0.1) is 12.8 Å². The third-order valence-corrected chi connectivity index (χ3v) is 5.67. The second kappa shape index (κ2) is 9.78. The fourth-order valence-electron chi connectivity index (χ4n) is 3.88. The van der Waals surface area contributed by atoms with Gasteiger partial charge in [-0.05, 0) is 25.0 Å². The van der Waals surface area contributed by atoms with Gasteiger partial charge in [0.1, 0.15) is 19.1 Å². The predicted octanol–water partition coefficient (Wildman–Crippen LogP) is 1.65. The van der Waals surface area contributed by atoms with E-state index in [1.54, 1.807) is 35.3 Å². The van der Waals surface area contributed by atoms with Crippen molar-refractivity contribution in [2.45, 2.75) is 12.8 Å². The van der Waals surface area contributed by atoms with Crippen molar-refractivity contribution in [3.05, 3.63) is 48.2 Å². The third kappa shape index (κ3) is 4.88. The molecule has 1 aromatic heterocycles. The first-order chi connectivity index (χ1) is 15.5. The van der Waals surface area contributed by atoms with E-state index in [9.17, 15) is 14.4 Å². The quantitative estimate of drug-likeness (QED) is 0.601. The molecule has 4 rings (SSSR count). The van der Waals surface area contributed by atoms with E-state index >= 15 is 0 Å². The zero-order valence-electron chi connectivity index (χ0n) is 17.8. The van der Waals surface area contributed by atoms with Gasteiger partial charge in [-0.3, -0.25) is 14.4 Å². The van der Waals surface area contributed by atoms with Crippen molar-refractivity contribution in [1.82, 2.24) is 9.88 Å². The maximum Gasteiger partial charge on any atom is 0.260 e. The first-order valence-electron chi connectivity index (χ1n) is 10.5. The highest BCUT2D eigenvalue weighted by atomic mass is 16.5.